The molecule has 1 aliphatic carbocycles. The summed E-state index contributed by atoms with van der Waals surface area (Å²) in [6, 6.07) is 5.88. The van der Waals surface area contributed by atoms with Crippen molar-refractivity contribution in [2.75, 3.05) is 0 Å². The van der Waals surface area contributed by atoms with Gasteiger partial charge < -0.3 is 10.4 Å². The van der Waals surface area contributed by atoms with Crippen LogP contribution in [0.25, 0.3) is 0 Å². The molecule has 3 rings (SSSR count). The molecule has 0 bridgehead atoms. The minimum Gasteiger partial charge on any atom is -0.481 e. The van der Waals surface area contributed by atoms with Crippen LogP contribution in [0, 0.1) is 17.3 Å². The molecule has 1 aliphatic heterocycles. The lowest BCUT2D eigenvalue weighted by molar-refractivity contribution is -0.146. The highest BCUT2D eigenvalue weighted by Gasteiger charge is 2.45. The van der Waals surface area contributed by atoms with Crippen LogP contribution in [0.5, 0.6) is 0 Å². The Morgan fingerprint density at radius 3 is 2.48 bits per heavy atom. The van der Waals surface area contributed by atoms with Crippen molar-refractivity contribution in [1.82, 2.24) is 10.2 Å². The average molecular weight is 447 g/mol. The lowest BCUT2D eigenvalue weighted by atomic mass is 9.76. The zero-order chi connectivity index (χ0) is 23.1. The minimum atomic E-state index is -0.784. The van der Waals surface area contributed by atoms with Crippen molar-refractivity contribution in [2.45, 2.75) is 78.8 Å². The van der Waals surface area contributed by atoms with Gasteiger partial charge in [0.15, 0.2) is 0 Å². The third kappa shape index (κ3) is 4.92. The molecule has 0 unspecified atom stereocenters. The Kier molecular flexibility index (Phi) is 6.48. The number of amides is 2. The second-order valence-corrected chi connectivity index (χ2v) is 11.1. The van der Waals surface area contributed by atoms with Gasteiger partial charge in [0.05, 0.1) is 11.5 Å². The van der Waals surface area contributed by atoms with E-state index in [1.807, 2.05) is 19.2 Å². The molecular formula is C25H35ClN2O3. The number of carbonyl (C=O) groups is 2. The maximum Gasteiger partial charge on any atom is 0.322 e. The second kappa shape index (κ2) is 8.50. The van der Waals surface area contributed by atoms with E-state index < -0.39 is 11.5 Å². The molecule has 2 amide bonds. The summed E-state index contributed by atoms with van der Waals surface area (Å²) in [4.78, 5) is 25.9. The Hall–Kier alpha value is -2.01. The molecule has 1 aromatic carbocycles. The van der Waals surface area contributed by atoms with E-state index in [1.165, 1.54) is 0 Å². The number of hydrogen-bond donors (Lipinski definition) is 2. The molecule has 170 valence electrons. The Bertz CT molecular complexity index is 897. The number of nitrogens with one attached hydrogen (secondary N) is 1. The lowest BCUT2D eigenvalue weighted by Gasteiger charge is -2.47. The summed E-state index contributed by atoms with van der Waals surface area (Å²) < 4.78 is 0. The summed E-state index contributed by atoms with van der Waals surface area (Å²) in [7, 11) is 0. The van der Waals surface area contributed by atoms with Crippen LogP contribution in [0.2, 0.25) is 5.02 Å². The number of carboxylic acid groups (broad SMARTS) is 1. The van der Waals surface area contributed by atoms with Crippen molar-refractivity contribution in [3.8, 4) is 0 Å². The summed E-state index contributed by atoms with van der Waals surface area (Å²) in [5, 5.41) is 13.1. The summed E-state index contributed by atoms with van der Waals surface area (Å²) in [6.07, 6.45) is 4.89. The fourth-order valence-corrected chi connectivity index (χ4v) is 4.79. The first-order valence-electron chi connectivity index (χ1n) is 11.2. The predicted octanol–water partition coefficient (Wildman–Crippen LogP) is 5.96. The first-order chi connectivity index (χ1) is 14.3. The molecule has 5 nitrogen and oxygen atoms in total. The first-order valence-corrected chi connectivity index (χ1v) is 11.5. The molecule has 0 spiro atoms. The summed E-state index contributed by atoms with van der Waals surface area (Å²) >= 11 is 6.66. The molecule has 31 heavy (non-hydrogen) atoms. The Balaban J connectivity index is 1.88. The molecule has 1 aromatic rings. The minimum absolute atomic E-state index is 0.0669. The van der Waals surface area contributed by atoms with Gasteiger partial charge in [0.1, 0.15) is 0 Å². The number of urea groups is 1. The number of benzene rings is 1. The topological polar surface area (TPSA) is 69.6 Å². The molecule has 1 saturated carbocycles. The van der Waals surface area contributed by atoms with Crippen molar-refractivity contribution in [2.24, 2.45) is 17.3 Å². The van der Waals surface area contributed by atoms with Crippen LogP contribution in [0.4, 0.5) is 4.79 Å². The molecule has 0 saturated heterocycles. The van der Waals surface area contributed by atoms with Crippen LogP contribution in [0.1, 0.15) is 71.9 Å². The molecule has 0 radical (unpaired) electrons. The van der Waals surface area contributed by atoms with Gasteiger partial charge in [-0.3, -0.25) is 9.69 Å². The van der Waals surface area contributed by atoms with Gasteiger partial charge in [-0.2, -0.15) is 0 Å². The Morgan fingerprint density at radius 1 is 1.32 bits per heavy atom. The number of hydrogen-bond acceptors (Lipinski definition) is 2. The van der Waals surface area contributed by atoms with Gasteiger partial charge >= 0.3 is 12.0 Å². The molecule has 1 heterocycles. The van der Waals surface area contributed by atoms with E-state index in [1.54, 1.807) is 4.90 Å². The molecule has 1 fully saturated rings. The van der Waals surface area contributed by atoms with Crippen LogP contribution >= 0.6 is 11.6 Å². The van der Waals surface area contributed by atoms with Crippen LogP contribution in [0.3, 0.4) is 0 Å². The van der Waals surface area contributed by atoms with E-state index in [4.69, 9.17) is 11.6 Å². The highest BCUT2D eigenvalue weighted by molar-refractivity contribution is 6.31. The van der Waals surface area contributed by atoms with E-state index in [2.05, 4.69) is 52.1 Å². The number of halogens is 1. The highest BCUT2D eigenvalue weighted by Crippen LogP contribution is 2.41. The summed E-state index contributed by atoms with van der Waals surface area (Å²) in [5.74, 6) is -0.947. The fraction of sp³-hybridized carbons (Fsp3) is 0.600. The van der Waals surface area contributed by atoms with Crippen LogP contribution in [-0.2, 0) is 16.8 Å². The van der Waals surface area contributed by atoms with Crippen LogP contribution in [0.15, 0.2) is 30.0 Å². The molecule has 0 aromatic heterocycles. The lowest BCUT2D eigenvalue weighted by Crippen LogP contribution is -2.59. The number of nitrogens with zero attached hydrogens (tertiary/aromatic N) is 1. The monoisotopic (exact) mass is 446 g/mol. The van der Waals surface area contributed by atoms with Crippen molar-refractivity contribution < 1.29 is 14.7 Å². The van der Waals surface area contributed by atoms with Gasteiger partial charge in [-0.15, -0.1) is 0 Å². The Morgan fingerprint density at radius 2 is 1.97 bits per heavy atom. The molecular weight excluding hydrogens is 412 g/mol. The van der Waals surface area contributed by atoms with Crippen molar-refractivity contribution in [3.05, 3.63) is 46.1 Å². The van der Waals surface area contributed by atoms with Gasteiger partial charge in [-0.1, -0.05) is 58.4 Å². The number of aliphatic carboxylic acids is 1. The van der Waals surface area contributed by atoms with Crippen LogP contribution in [-0.4, -0.2) is 28.0 Å². The molecule has 2 aliphatic rings. The smallest absolute Gasteiger partial charge is 0.322 e. The van der Waals surface area contributed by atoms with Crippen molar-refractivity contribution in [1.29, 1.82) is 0 Å². The van der Waals surface area contributed by atoms with Gasteiger partial charge in [-0.25, -0.2) is 4.79 Å². The SMILES string of the molecule is CC(C)C1=CN([C@H]2C[C@H](C(=O)O)C2)C(=O)N[C@]1(C)c1ccc(CCC(C)(C)C)c(Cl)c1. The number of aryl methyl sites for hydroxylation is 1. The number of carboxylic acids is 1. The molecule has 6 heteroatoms. The third-order valence-corrected chi connectivity index (χ3v) is 7.05. The van der Waals surface area contributed by atoms with E-state index in [0.29, 0.717) is 12.8 Å². The quantitative estimate of drug-likeness (QED) is 0.566. The number of carbonyl (C=O) groups excluding carboxylic acids is 1. The maximum absolute atomic E-state index is 13.0. The second-order valence-electron chi connectivity index (χ2n) is 10.7. The van der Waals surface area contributed by atoms with E-state index in [-0.39, 0.29) is 29.3 Å². The standard InChI is InChI=1S/C25H35ClN2O3/c1-15(2)20-14-28(19-11-17(12-19)22(29)30)23(31)27-25(20,6)18-8-7-16(21(26)13-18)9-10-24(3,4)5/h7-8,13-15,17,19H,9-12H2,1-6H3,(H,27,31)(H,29,30)/t17-,19-,25-/m1/s1. The van der Waals surface area contributed by atoms with Gasteiger partial charge in [0, 0.05) is 17.3 Å². The third-order valence-electron chi connectivity index (χ3n) is 6.70. The van der Waals surface area contributed by atoms with Crippen molar-refractivity contribution in [3.63, 3.8) is 0 Å². The predicted molar refractivity (Wildman–Crippen MR) is 124 cm³/mol. The van der Waals surface area contributed by atoms with E-state index in [9.17, 15) is 14.7 Å². The normalized spacial score (nSPS) is 26.4. The van der Waals surface area contributed by atoms with Gasteiger partial charge in [-0.05, 0) is 66.7 Å². The van der Waals surface area contributed by atoms with Gasteiger partial charge in [0.2, 0.25) is 0 Å². The summed E-state index contributed by atoms with van der Waals surface area (Å²) in [5.41, 5.74) is 2.75. The Labute approximate surface area is 190 Å². The van der Waals surface area contributed by atoms with E-state index in [0.717, 1.165) is 34.6 Å². The molecule has 1 atom stereocenters. The average Bonchev–Trinajstić information content (AvgIpc) is 2.59. The van der Waals surface area contributed by atoms with E-state index >= 15 is 0 Å². The first kappa shape index (κ1) is 23.6. The number of rotatable bonds is 6. The largest absolute Gasteiger partial charge is 0.481 e. The molecule has 2 N–H and O–H groups in total. The highest BCUT2D eigenvalue weighted by atomic mass is 35.5. The summed E-state index contributed by atoms with van der Waals surface area (Å²) in [6.45, 7) is 12.9. The zero-order valence-electron chi connectivity index (χ0n) is 19.5. The fourth-order valence-electron chi connectivity index (χ4n) is 4.51. The maximum atomic E-state index is 13.0. The zero-order valence-corrected chi connectivity index (χ0v) is 20.2. The van der Waals surface area contributed by atoms with Gasteiger partial charge in [0.25, 0.3) is 0 Å². The van der Waals surface area contributed by atoms with Crippen LogP contribution < -0.4 is 5.32 Å². The van der Waals surface area contributed by atoms with Crippen molar-refractivity contribution >= 4 is 23.6 Å².